The van der Waals surface area contributed by atoms with E-state index in [-0.39, 0.29) is 18.7 Å². The van der Waals surface area contributed by atoms with E-state index in [0.717, 1.165) is 0 Å². The minimum Gasteiger partial charge on any atom is -0.481 e. The van der Waals surface area contributed by atoms with Crippen LogP contribution in [-0.4, -0.2) is 23.5 Å². The van der Waals surface area contributed by atoms with Gasteiger partial charge in [0.1, 0.15) is 0 Å². The van der Waals surface area contributed by atoms with Crippen molar-refractivity contribution in [3.8, 4) is 6.07 Å². The molecular weight excluding hydrogens is 184 g/mol. The van der Waals surface area contributed by atoms with Crippen LogP contribution in [0.4, 0.5) is 0 Å². The molecule has 5 nitrogen and oxygen atoms in total. The van der Waals surface area contributed by atoms with E-state index in [0.29, 0.717) is 25.8 Å². The number of nitriles is 1. The molecule has 0 radical (unpaired) electrons. The van der Waals surface area contributed by atoms with E-state index in [1.807, 2.05) is 6.07 Å². The van der Waals surface area contributed by atoms with Crippen LogP contribution in [0.3, 0.4) is 0 Å². The lowest BCUT2D eigenvalue weighted by Gasteiger charge is -2.01. The zero-order chi connectivity index (χ0) is 10.8. The number of carbonyl (C=O) groups excluding carboxylic acids is 1. The highest BCUT2D eigenvalue weighted by Crippen LogP contribution is 1.95. The molecule has 14 heavy (non-hydrogen) atoms. The van der Waals surface area contributed by atoms with Crippen molar-refractivity contribution in [3.63, 3.8) is 0 Å². The highest BCUT2D eigenvalue weighted by Gasteiger charge is 2.02. The van der Waals surface area contributed by atoms with E-state index in [4.69, 9.17) is 10.4 Å². The van der Waals surface area contributed by atoms with Crippen LogP contribution in [0, 0.1) is 11.3 Å². The molecule has 0 saturated heterocycles. The first kappa shape index (κ1) is 12.4. The first-order valence-corrected chi connectivity index (χ1v) is 4.52. The molecule has 0 rings (SSSR count). The van der Waals surface area contributed by atoms with Crippen molar-refractivity contribution < 1.29 is 14.7 Å². The number of carboxylic acid groups (broad SMARTS) is 1. The van der Waals surface area contributed by atoms with E-state index >= 15 is 0 Å². The minimum atomic E-state index is -0.887. The molecule has 0 aliphatic rings. The van der Waals surface area contributed by atoms with Crippen LogP contribution < -0.4 is 5.32 Å². The number of amides is 1. The summed E-state index contributed by atoms with van der Waals surface area (Å²) in [6, 6.07) is 1.97. The van der Waals surface area contributed by atoms with Crippen molar-refractivity contribution in [1.29, 1.82) is 5.26 Å². The molecule has 0 atom stereocenters. The van der Waals surface area contributed by atoms with Gasteiger partial charge in [-0.2, -0.15) is 5.26 Å². The molecule has 5 heteroatoms. The van der Waals surface area contributed by atoms with Crippen molar-refractivity contribution >= 4 is 11.9 Å². The normalized spacial score (nSPS) is 9.07. The first-order valence-electron chi connectivity index (χ1n) is 4.52. The smallest absolute Gasteiger partial charge is 0.303 e. The van der Waals surface area contributed by atoms with Gasteiger partial charge in [-0.15, -0.1) is 0 Å². The Kier molecular flexibility index (Phi) is 7.15. The summed E-state index contributed by atoms with van der Waals surface area (Å²) in [4.78, 5) is 21.1. The van der Waals surface area contributed by atoms with Crippen LogP contribution in [0.15, 0.2) is 0 Å². The highest BCUT2D eigenvalue weighted by atomic mass is 16.4. The van der Waals surface area contributed by atoms with Gasteiger partial charge in [0.15, 0.2) is 0 Å². The average Bonchev–Trinajstić information content (AvgIpc) is 2.12. The quantitative estimate of drug-likeness (QED) is 0.588. The summed E-state index contributed by atoms with van der Waals surface area (Å²) in [7, 11) is 0. The van der Waals surface area contributed by atoms with Crippen molar-refractivity contribution in [2.75, 3.05) is 6.54 Å². The summed E-state index contributed by atoms with van der Waals surface area (Å²) in [5.41, 5.74) is 0. The predicted molar refractivity (Wildman–Crippen MR) is 49.3 cm³/mol. The van der Waals surface area contributed by atoms with Crippen LogP contribution in [0.2, 0.25) is 0 Å². The Morgan fingerprint density at radius 2 is 2.00 bits per heavy atom. The maximum atomic E-state index is 11.0. The molecular formula is C9H14N2O3. The number of hydrogen-bond donors (Lipinski definition) is 2. The Morgan fingerprint density at radius 1 is 1.29 bits per heavy atom. The number of unbranched alkanes of at least 4 members (excludes halogenated alkanes) is 1. The van der Waals surface area contributed by atoms with E-state index < -0.39 is 5.97 Å². The molecule has 2 N–H and O–H groups in total. The topological polar surface area (TPSA) is 90.2 Å². The van der Waals surface area contributed by atoms with Gasteiger partial charge in [0.25, 0.3) is 0 Å². The third-order valence-corrected chi connectivity index (χ3v) is 1.58. The molecule has 0 saturated carbocycles. The molecule has 0 aliphatic carbocycles. The second-order valence-electron chi connectivity index (χ2n) is 2.86. The number of nitrogens with zero attached hydrogens (tertiary/aromatic N) is 1. The zero-order valence-electron chi connectivity index (χ0n) is 7.95. The fourth-order valence-corrected chi connectivity index (χ4v) is 0.884. The number of rotatable bonds is 7. The van der Waals surface area contributed by atoms with Crippen molar-refractivity contribution in [3.05, 3.63) is 0 Å². The predicted octanol–water partition coefficient (Wildman–Crippen LogP) is 0.661. The number of carboxylic acids is 1. The van der Waals surface area contributed by atoms with E-state index in [1.54, 1.807) is 0 Å². The summed E-state index contributed by atoms with van der Waals surface area (Å²) in [5, 5.41) is 19.1. The third kappa shape index (κ3) is 8.53. The van der Waals surface area contributed by atoms with Crippen LogP contribution >= 0.6 is 0 Å². The molecule has 0 unspecified atom stereocenters. The second-order valence-corrected chi connectivity index (χ2v) is 2.86. The Morgan fingerprint density at radius 3 is 2.57 bits per heavy atom. The van der Waals surface area contributed by atoms with E-state index in [1.165, 1.54) is 0 Å². The molecule has 78 valence electrons. The fourth-order valence-electron chi connectivity index (χ4n) is 0.884. The fraction of sp³-hybridized carbons (Fsp3) is 0.667. The first-order chi connectivity index (χ1) is 6.66. The Labute approximate surface area is 82.7 Å². The molecule has 0 aromatic rings. The van der Waals surface area contributed by atoms with Crippen LogP contribution in [0.1, 0.15) is 32.1 Å². The molecule has 0 bridgehead atoms. The lowest BCUT2D eigenvalue weighted by Crippen LogP contribution is -2.24. The molecule has 0 aromatic carbocycles. The van der Waals surface area contributed by atoms with Gasteiger partial charge in [-0.25, -0.2) is 0 Å². The summed E-state index contributed by atoms with van der Waals surface area (Å²) >= 11 is 0. The van der Waals surface area contributed by atoms with Gasteiger partial charge in [0, 0.05) is 25.8 Å². The van der Waals surface area contributed by atoms with Crippen molar-refractivity contribution in [2.24, 2.45) is 0 Å². The molecule has 0 spiro atoms. The van der Waals surface area contributed by atoms with Crippen molar-refractivity contribution in [2.45, 2.75) is 32.1 Å². The molecule has 0 fully saturated rings. The number of hydrogen-bond acceptors (Lipinski definition) is 3. The van der Waals surface area contributed by atoms with Gasteiger partial charge >= 0.3 is 5.97 Å². The van der Waals surface area contributed by atoms with Gasteiger partial charge in [-0.05, 0) is 12.8 Å². The monoisotopic (exact) mass is 198 g/mol. The maximum absolute atomic E-state index is 11.0. The highest BCUT2D eigenvalue weighted by molar-refractivity contribution is 5.76. The summed E-state index contributed by atoms with van der Waals surface area (Å²) in [6.45, 7) is 0.486. The minimum absolute atomic E-state index is 0.0195. The summed E-state index contributed by atoms with van der Waals surface area (Å²) < 4.78 is 0. The summed E-state index contributed by atoms with van der Waals surface area (Å²) in [5.74, 6) is -1.04. The standard InChI is InChI=1S/C9H14N2O3/c10-6-1-2-7-11-8(12)4-3-5-9(13)14/h1-5,7H2,(H,11,12)(H,13,14). The second kappa shape index (κ2) is 8.05. The zero-order valence-corrected chi connectivity index (χ0v) is 7.95. The maximum Gasteiger partial charge on any atom is 0.303 e. The Bertz CT molecular complexity index is 233. The van der Waals surface area contributed by atoms with Crippen LogP contribution in [0.25, 0.3) is 0 Å². The number of aliphatic carboxylic acids is 1. The number of nitrogens with one attached hydrogen (secondary N) is 1. The molecule has 0 aromatic heterocycles. The Hall–Kier alpha value is -1.57. The van der Waals surface area contributed by atoms with E-state index in [2.05, 4.69) is 5.32 Å². The number of carbonyl (C=O) groups is 2. The van der Waals surface area contributed by atoms with Gasteiger partial charge in [-0.1, -0.05) is 0 Å². The van der Waals surface area contributed by atoms with Crippen LogP contribution in [0.5, 0.6) is 0 Å². The third-order valence-electron chi connectivity index (χ3n) is 1.58. The van der Waals surface area contributed by atoms with Gasteiger partial charge in [0.05, 0.1) is 6.07 Å². The SMILES string of the molecule is N#CCCCNC(=O)CCCC(=O)O. The van der Waals surface area contributed by atoms with Gasteiger partial charge < -0.3 is 10.4 Å². The lowest BCUT2D eigenvalue weighted by atomic mass is 10.2. The average molecular weight is 198 g/mol. The molecule has 0 heterocycles. The largest absolute Gasteiger partial charge is 0.481 e. The Balaban J connectivity index is 3.29. The van der Waals surface area contributed by atoms with Gasteiger partial charge in [-0.3, -0.25) is 9.59 Å². The van der Waals surface area contributed by atoms with E-state index in [9.17, 15) is 9.59 Å². The van der Waals surface area contributed by atoms with Crippen LogP contribution in [-0.2, 0) is 9.59 Å². The summed E-state index contributed by atoms with van der Waals surface area (Å²) in [6.07, 6.45) is 1.68. The molecule has 0 aliphatic heterocycles. The van der Waals surface area contributed by atoms with Gasteiger partial charge in [0.2, 0.25) is 5.91 Å². The van der Waals surface area contributed by atoms with Crippen molar-refractivity contribution in [1.82, 2.24) is 5.32 Å². The molecule has 1 amide bonds. The lowest BCUT2D eigenvalue weighted by molar-refractivity contribution is -0.137.